The van der Waals surface area contributed by atoms with Gasteiger partial charge < -0.3 is 10.2 Å². The van der Waals surface area contributed by atoms with Crippen molar-refractivity contribution in [1.29, 1.82) is 0 Å². The molecular weight excluding hydrogens is 324 g/mol. The van der Waals surface area contributed by atoms with Gasteiger partial charge in [0.25, 0.3) is 0 Å². The molecule has 2 unspecified atom stereocenters. The lowest BCUT2D eigenvalue weighted by molar-refractivity contribution is -0.137. The lowest BCUT2D eigenvalue weighted by atomic mass is 9.87. The minimum atomic E-state index is -0.279. The fourth-order valence-corrected chi connectivity index (χ4v) is 3.13. The molecule has 1 aromatic heterocycles. The van der Waals surface area contributed by atoms with Crippen LogP contribution < -0.4 is 5.32 Å². The summed E-state index contributed by atoms with van der Waals surface area (Å²) in [5.74, 6) is 0.488. The molecule has 6 heteroatoms. The van der Waals surface area contributed by atoms with Crippen molar-refractivity contribution in [3.05, 3.63) is 59.1 Å². The van der Waals surface area contributed by atoms with E-state index >= 15 is 0 Å². The van der Waals surface area contributed by atoms with E-state index in [-0.39, 0.29) is 17.9 Å². The highest BCUT2D eigenvalue weighted by Gasteiger charge is 2.34. The summed E-state index contributed by atoms with van der Waals surface area (Å²) in [7, 11) is 1.83. The van der Waals surface area contributed by atoms with Crippen LogP contribution in [-0.4, -0.2) is 40.9 Å². The van der Waals surface area contributed by atoms with Gasteiger partial charge >= 0.3 is 0 Å². The Morgan fingerprint density at radius 2 is 2.00 bits per heavy atom. The van der Waals surface area contributed by atoms with Gasteiger partial charge in [-0.2, -0.15) is 0 Å². The van der Waals surface area contributed by atoms with E-state index in [1.807, 2.05) is 38.2 Å². The maximum Gasteiger partial charge on any atom is 0.226 e. The largest absolute Gasteiger partial charge is 0.333 e. The van der Waals surface area contributed by atoms with Crippen LogP contribution in [0.1, 0.15) is 24.2 Å². The van der Waals surface area contributed by atoms with Crippen molar-refractivity contribution in [1.82, 2.24) is 20.2 Å². The third-order valence-electron chi connectivity index (χ3n) is 4.69. The molecule has 1 fully saturated rings. The molecule has 1 N–H and O–H groups in total. The Bertz CT molecular complexity index is 688. The average Bonchev–Trinajstić information content (AvgIpc) is 2.55. The Labute approximate surface area is 147 Å². The SMILES string of the molecule is CC(C(=O)N(C)C(c1ccc(Cl)cc1)c1cnccn1)C1CNC1. The molecule has 1 saturated heterocycles. The highest BCUT2D eigenvalue weighted by molar-refractivity contribution is 6.30. The molecule has 2 aromatic rings. The van der Waals surface area contributed by atoms with E-state index < -0.39 is 0 Å². The number of aromatic nitrogens is 2. The maximum atomic E-state index is 13.0. The quantitative estimate of drug-likeness (QED) is 0.905. The topological polar surface area (TPSA) is 58.1 Å². The Kier molecular flexibility index (Phi) is 5.11. The Balaban J connectivity index is 1.91. The molecule has 24 heavy (non-hydrogen) atoms. The van der Waals surface area contributed by atoms with E-state index in [2.05, 4.69) is 15.3 Å². The van der Waals surface area contributed by atoms with E-state index in [0.717, 1.165) is 24.3 Å². The molecule has 1 aliphatic heterocycles. The predicted octanol–water partition coefficient (Wildman–Crippen LogP) is 2.53. The van der Waals surface area contributed by atoms with Gasteiger partial charge in [-0.15, -0.1) is 0 Å². The minimum absolute atomic E-state index is 0.0253. The fourth-order valence-electron chi connectivity index (χ4n) is 3.00. The average molecular weight is 345 g/mol. The zero-order chi connectivity index (χ0) is 17.1. The lowest BCUT2D eigenvalue weighted by Crippen LogP contribution is -2.50. The summed E-state index contributed by atoms with van der Waals surface area (Å²) < 4.78 is 0. The summed E-state index contributed by atoms with van der Waals surface area (Å²) in [6.45, 7) is 3.80. The number of hydrogen-bond acceptors (Lipinski definition) is 4. The molecule has 1 aromatic carbocycles. The maximum absolute atomic E-state index is 13.0. The normalized spacial score (nSPS) is 17.0. The molecule has 2 atom stereocenters. The summed E-state index contributed by atoms with van der Waals surface area (Å²) in [5, 5.41) is 3.89. The molecule has 0 radical (unpaired) electrons. The summed E-state index contributed by atoms with van der Waals surface area (Å²) in [5.41, 5.74) is 1.71. The zero-order valence-electron chi connectivity index (χ0n) is 13.8. The van der Waals surface area contributed by atoms with E-state index in [4.69, 9.17) is 11.6 Å². The molecule has 0 saturated carbocycles. The smallest absolute Gasteiger partial charge is 0.226 e. The standard InChI is InChI=1S/C18H21ClN4O/c1-12(14-9-21-10-14)18(24)23(2)17(16-11-20-7-8-22-16)13-3-5-15(19)6-4-13/h3-8,11-12,14,17,21H,9-10H2,1-2H3. The van der Waals surface area contributed by atoms with Crippen molar-refractivity contribution in [3.63, 3.8) is 0 Å². The fraction of sp³-hybridized carbons (Fsp3) is 0.389. The van der Waals surface area contributed by atoms with E-state index in [9.17, 15) is 4.79 Å². The number of carbonyl (C=O) groups is 1. The number of carbonyl (C=O) groups excluding carboxylic acids is 1. The monoisotopic (exact) mass is 344 g/mol. The first-order valence-corrected chi connectivity index (χ1v) is 8.44. The predicted molar refractivity (Wildman–Crippen MR) is 93.6 cm³/mol. The number of benzene rings is 1. The molecule has 3 rings (SSSR count). The van der Waals surface area contributed by atoms with Crippen molar-refractivity contribution in [3.8, 4) is 0 Å². The first kappa shape index (κ1) is 16.9. The molecule has 2 heterocycles. The first-order chi connectivity index (χ1) is 11.6. The van der Waals surface area contributed by atoms with Crippen molar-refractivity contribution < 1.29 is 4.79 Å². The van der Waals surface area contributed by atoms with Gasteiger partial charge in [-0.05, 0) is 36.7 Å². The number of nitrogens with zero attached hydrogens (tertiary/aromatic N) is 3. The molecule has 5 nitrogen and oxygen atoms in total. The first-order valence-electron chi connectivity index (χ1n) is 8.06. The van der Waals surface area contributed by atoms with E-state index in [1.54, 1.807) is 23.5 Å². The zero-order valence-corrected chi connectivity index (χ0v) is 14.6. The van der Waals surface area contributed by atoms with E-state index in [1.165, 1.54) is 0 Å². The summed E-state index contributed by atoms with van der Waals surface area (Å²) in [6.07, 6.45) is 4.99. The second kappa shape index (κ2) is 7.28. The van der Waals surface area contributed by atoms with Crippen LogP contribution in [0.3, 0.4) is 0 Å². The van der Waals surface area contributed by atoms with Crippen LogP contribution in [0.2, 0.25) is 5.02 Å². The molecule has 0 spiro atoms. The van der Waals surface area contributed by atoms with Gasteiger partial charge in [0, 0.05) is 30.4 Å². The van der Waals surface area contributed by atoms with Crippen LogP contribution in [0.15, 0.2) is 42.9 Å². The highest BCUT2D eigenvalue weighted by atomic mass is 35.5. The van der Waals surface area contributed by atoms with Gasteiger partial charge in [0.15, 0.2) is 0 Å². The van der Waals surface area contributed by atoms with Crippen molar-refractivity contribution in [2.45, 2.75) is 13.0 Å². The Morgan fingerprint density at radius 3 is 2.54 bits per heavy atom. The van der Waals surface area contributed by atoms with Crippen LogP contribution in [0.5, 0.6) is 0 Å². The third-order valence-corrected chi connectivity index (χ3v) is 4.95. The number of rotatable bonds is 5. The van der Waals surface area contributed by atoms with Gasteiger partial charge in [-0.25, -0.2) is 0 Å². The Morgan fingerprint density at radius 1 is 1.29 bits per heavy atom. The molecular formula is C18H21ClN4O. The van der Waals surface area contributed by atoms with Crippen LogP contribution in [-0.2, 0) is 4.79 Å². The molecule has 0 aliphatic carbocycles. The second-order valence-electron chi connectivity index (χ2n) is 6.24. The summed E-state index contributed by atoms with van der Waals surface area (Å²) >= 11 is 6.01. The molecule has 1 amide bonds. The van der Waals surface area contributed by atoms with Gasteiger partial charge in [0.05, 0.1) is 11.9 Å². The Hall–Kier alpha value is -1.98. The van der Waals surface area contributed by atoms with Crippen LogP contribution in [0.4, 0.5) is 0 Å². The van der Waals surface area contributed by atoms with E-state index in [0.29, 0.717) is 10.9 Å². The number of nitrogens with one attached hydrogen (secondary N) is 1. The number of hydrogen-bond donors (Lipinski definition) is 1. The number of halogens is 1. The van der Waals surface area contributed by atoms with Gasteiger partial charge in [-0.3, -0.25) is 14.8 Å². The third kappa shape index (κ3) is 3.42. The number of amides is 1. The van der Waals surface area contributed by atoms with Crippen LogP contribution in [0, 0.1) is 11.8 Å². The summed E-state index contributed by atoms with van der Waals surface area (Å²) in [6, 6.07) is 7.25. The van der Waals surface area contributed by atoms with Gasteiger partial charge in [0.1, 0.15) is 6.04 Å². The van der Waals surface area contributed by atoms with Crippen LogP contribution >= 0.6 is 11.6 Å². The molecule has 1 aliphatic rings. The molecule has 126 valence electrons. The van der Waals surface area contributed by atoms with Gasteiger partial charge in [-0.1, -0.05) is 30.7 Å². The highest BCUT2D eigenvalue weighted by Crippen LogP contribution is 2.29. The van der Waals surface area contributed by atoms with Crippen LogP contribution in [0.25, 0.3) is 0 Å². The second-order valence-corrected chi connectivity index (χ2v) is 6.68. The summed E-state index contributed by atoms with van der Waals surface area (Å²) in [4.78, 5) is 23.3. The van der Waals surface area contributed by atoms with Crippen molar-refractivity contribution in [2.75, 3.05) is 20.1 Å². The van der Waals surface area contributed by atoms with Crippen molar-refractivity contribution in [2.24, 2.45) is 11.8 Å². The van der Waals surface area contributed by atoms with Crippen molar-refractivity contribution >= 4 is 17.5 Å². The lowest BCUT2D eigenvalue weighted by Gasteiger charge is -2.36. The van der Waals surface area contributed by atoms with Gasteiger partial charge in [0.2, 0.25) is 5.91 Å². The molecule has 0 bridgehead atoms. The minimum Gasteiger partial charge on any atom is -0.333 e.